The predicted octanol–water partition coefficient (Wildman–Crippen LogP) is 4.83. The fourth-order valence-corrected chi connectivity index (χ4v) is 4.97. The summed E-state index contributed by atoms with van der Waals surface area (Å²) in [4.78, 5) is 25.1. The van der Waals surface area contributed by atoms with Crippen molar-refractivity contribution in [2.75, 3.05) is 19.5 Å². The van der Waals surface area contributed by atoms with Gasteiger partial charge >= 0.3 is 0 Å². The summed E-state index contributed by atoms with van der Waals surface area (Å²) in [7, 11) is 0. The largest absolute Gasteiger partial charge is 0.491 e. The van der Waals surface area contributed by atoms with Crippen molar-refractivity contribution >= 4 is 35.1 Å². The van der Waals surface area contributed by atoms with Crippen molar-refractivity contribution in [3.05, 3.63) is 110 Å². The molecule has 1 aliphatic heterocycles. The quantitative estimate of drug-likeness (QED) is 0.197. The van der Waals surface area contributed by atoms with E-state index >= 15 is 0 Å². The first-order valence-electron chi connectivity index (χ1n) is 11.7. The highest BCUT2D eigenvalue weighted by Crippen LogP contribution is 2.40. The predicted molar refractivity (Wildman–Crippen MR) is 151 cm³/mol. The van der Waals surface area contributed by atoms with Gasteiger partial charge in [0.25, 0.3) is 10.2 Å². The van der Waals surface area contributed by atoms with E-state index in [0.29, 0.717) is 35.4 Å². The zero-order chi connectivity index (χ0) is 30.7. The Morgan fingerprint density at radius 3 is 2.40 bits per heavy atom. The Labute approximate surface area is 252 Å². The average molecular weight is 643 g/mol. The van der Waals surface area contributed by atoms with E-state index in [1.165, 1.54) is 0 Å². The fourth-order valence-electron chi connectivity index (χ4n) is 3.92. The van der Waals surface area contributed by atoms with Crippen LogP contribution in [0.3, 0.4) is 0 Å². The Morgan fingerprint density at radius 2 is 1.81 bits per heavy atom. The number of hydrogen-bond acceptors (Lipinski definition) is 10. The molecule has 15 nitrogen and oxygen atoms in total. The van der Waals surface area contributed by atoms with E-state index in [0.717, 1.165) is 17.0 Å². The van der Waals surface area contributed by atoms with Gasteiger partial charge in [0.15, 0.2) is 0 Å². The number of imidazole rings is 2. The summed E-state index contributed by atoms with van der Waals surface area (Å²) < 4.78 is 22.6. The molecule has 0 unspecified atom stereocenters. The van der Waals surface area contributed by atoms with E-state index in [4.69, 9.17) is 68.1 Å². The molecule has 2 atom stereocenters. The number of halogens is 2. The normalized spacial score (nSPS) is 17.4. The second-order valence-corrected chi connectivity index (χ2v) is 9.86. The number of ether oxygens (including phenoxy) is 3. The summed E-state index contributed by atoms with van der Waals surface area (Å²) in [5.74, 6) is -0.324. The van der Waals surface area contributed by atoms with Crippen LogP contribution in [0.1, 0.15) is 5.56 Å². The maximum atomic E-state index is 8.36. The molecule has 4 aromatic rings. The van der Waals surface area contributed by atoms with Crippen LogP contribution < -0.4 is 4.74 Å². The van der Waals surface area contributed by atoms with Crippen LogP contribution in [-0.4, -0.2) is 64.7 Å². The molecule has 2 aromatic carbocycles. The number of nitrogens with zero attached hydrogens (tertiary/aromatic N) is 6. The minimum Gasteiger partial charge on any atom is -0.491 e. The van der Waals surface area contributed by atoms with Gasteiger partial charge in [-0.05, 0) is 48.3 Å². The lowest BCUT2D eigenvalue weighted by atomic mass is 10.1. The minimum atomic E-state index is -1.50. The Morgan fingerprint density at radius 1 is 1.12 bits per heavy atom. The van der Waals surface area contributed by atoms with Crippen molar-refractivity contribution in [3.63, 3.8) is 0 Å². The van der Waals surface area contributed by atoms with Gasteiger partial charge in [0, 0.05) is 34.8 Å². The van der Waals surface area contributed by atoms with Crippen molar-refractivity contribution in [1.29, 1.82) is 0 Å². The fraction of sp³-hybridized carbons (Fsp3) is 0.250. The molecule has 3 heterocycles. The molecule has 0 radical (unpaired) electrons. The number of rotatable bonds is 8. The zero-order valence-electron chi connectivity index (χ0n) is 21.7. The molecule has 0 bridgehead atoms. The topological polar surface area (TPSA) is 190 Å². The van der Waals surface area contributed by atoms with E-state index in [1.807, 2.05) is 57.5 Å². The second-order valence-electron chi connectivity index (χ2n) is 8.26. The van der Waals surface area contributed by atoms with Gasteiger partial charge in [-0.25, -0.2) is 9.97 Å². The van der Waals surface area contributed by atoms with Crippen LogP contribution in [0.2, 0.25) is 10.0 Å². The molecule has 0 aliphatic carbocycles. The van der Waals surface area contributed by atoms with Crippen LogP contribution in [0.4, 0.5) is 0 Å². The SMILES string of the molecule is CSn1cncc1-c1ccc(OC[C@@H]2CO[C@@](Cn3ccnc3)(c3ccc(Cl)cc3Cl)O2)cc1.O=[N+]([O-])O.O=[N+]([O-])O. The maximum absolute atomic E-state index is 8.36. The molecule has 2 N–H and O–H groups in total. The second kappa shape index (κ2) is 15.2. The van der Waals surface area contributed by atoms with Gasteiger partial charge in [0.2, 0.25) is 5.79 Å². The van der Waals surface area contributed by atoms with Crippen molar-refractivity contribution < 1.29 is 34.8 Å². The van der Waals surface area contributed by atoms with Crippen molar-refractivity contribution in [3.8, 4) is 17.0 Å². The van der Waals surface area contributed by atoms with E-state index < -0.39 is 16.0 Å². The molecule has 18 heteroatoms. The van der Waals surface area contributed by atoms with Crippen LogP contribution in [0, 0.1) is 20.2 Å². The van der Waals surface area contributed by atoms with E-state index in [2.05, 4.69) is 9.97 Å². The summed E-state index contributed by atoms with van der Waals surface area (Å²) in [5.41, 5.74) is 2.82. The van der Waals surface area contributed by atoms with E-state index in [-0.39, 0.29) is 6.10 Å². The van der Waals surface area contributed by atoms with Crippen LogP contribution >= 0.6 is 35.1 Å². The third-order valence-electron chi connectivity index (χ3n) is 5.54. The highest BCUT2D eigenvalue weighted by atomic mass is 35.5. The van der Waals surface area contributed by atoms with Crippen LogP contribution in [0.25, 0.3) is 11.3 Å². The molecule has 0 amide bonds. The maximum Gasteiger partial charge on any atom is 0.291 e. The van der Waals surface area contributed by atoms with Gasteiger partial charge in [-0.1, -0.05) is 29.3 Å². The third kappa shape index (κ3) is 9.22. The number of benzene rings is 2. The van der Waals surface area contributed by atoms with Crippen LogP contribution in [0.15, 0.2) is 73.7 Å². The third-order valence-corrected chi connectivity index (χ3v) is 6.77. The first kappa shape index (κ1) is 32.4. The molecule has 5 rings (SSSR count). The number of aromatic nitrogens is 4. The monoisotopic (exact) mass is 642 g/mol. The molecular formula is C24H24Cl2N6O9S. The van der Waals surface area contributed by atoms with Gasteiger partial charge in [-0.2, -0.15) is 0 Å². The first-order valence-corrected chi connectivity index (χ1v) is 13.7. The Hall–Kier alpha value is -4.09. The summed E-state index contributed by atoms with van der Waals surface area (Å²) in [5, 5.41) is 28.3. The summed E-state index contributed by atoms with van der Waals surface area (Å²) in [6.45, 7) is 1.08. The lowest BCUT2D eigenvalue weighted by molar-refractivity contribution is -0.742. The first-order chi connectivity index (χ1) is 20.0. The highest BCUT2D eigenvalue weighted by Gasteiger charge is 2.45. The molecule has 1 fully saturated rings. The van der Waals surface area contributed by atoms with Crippen LogP contribution in [-0.2, 0) is 21.8 Å². The van der Waals surface area contributed by atoms with Gasteiger partial charge in [0.05, 0.1) is 36.4 Å². The van der Waals surface area contributed by atoms with Crippen molar-refractivity contribution in [2.45, 2.75) is 18.4 Å². The van der Waals surface area contributed by atoms with Gasteiger partial charge in [-0.3, -0.25) is 3.97 Å². The lowest BCUT2D eigenvalue weighted by Gasteiger charge is -2.30. The summed E-state index contributed by atoms with van der Waals surface area (Å²) in [6, 6.07) is 13.2. The van der Waals surface area contributed by atoms with Gasteiger partial charge < -0.3 is 29.2 Å². The Balaban J connectivity index is 0.000000540. The molecule has 224 valence electrons. The van der Waals surface area contributed by atoms with Gasteiger partial charge in [-0.15, -0.1) is 20.2 Å². The highest BCUT2D eigenvalue weighted by molar-refractivity contribution is 7.97. The minimum absolute atomic E-state index is 0.284. The molecule has 0 saturated carbocycles. The average Bonchev–Trinajstić information content (AvgIpc) is 3.69. The Kier molecular flexibility index (Phi) is 11.8. The Bertz CT molecular complexity index is 1440. The molecule has 2 aromatic heterocycles. The van der Waals surface area contributed by atoms with Crippen molar-refractivity contribution in [1.82, 2.24) is 18.5 Å². The van der Waals surface area contributed by atoms with E-state index in [9.17, 15) is 0 Å². The molecule has 1 aliphatic rings. The van der Waals surface area contributed by atoms with Gasteiger partial charge in [0.1, 0.15) is 24.8 Å². The standard InChI is InChI=1S/C24H22Cl2N4O3S.2HNO3/c1-34-30-16-28-11-23(30)17-2-5-19(6-3-17)31-12-20-13-32-24(33-20,14-29-9-8-27-15-29)21-7-4-18(25)10-22(21)26;2*2-1(3)4/h2-11,15-16,20H,12-14H2,1H3;2*(H,2,3,4)/t20-,24-;;/m1../s1. The summed E-state index contributed by atoms with van der Waals surface area (Å²) in [6.07, 6.45) is 10.6. The zero-order valence-corrected chi connectivity index (χ0v) is 24.1. The summed E-state index contributed by atoms with van der Waals surface area (Å²) >= 11 is 14.2. The molecular weight excluding hydrogens is 619 g/mol. The molecule has 0 spiro atoms. The lowest BCUT2D eigenvalue weighted by Crippen LogP contribution is -2.34. The smallest absolute Gasteiger partial charge is 0.291 e. The van der Waals surface area contributed by atoms with E-state index in [1.54, 1.807) is 42.9 Å². The molecule has 42 heavy (non-hydrogen) atoms. The number of hydrogen-bond donors (Lipinski definition) is 2. The van der Waals surface area contributed by atoms with Crippen molar-refractivity contribution in [2.24, 2.45) is 0 Å². The van der Waals surface area contributed by atoms with Crippen LogP contribution in [0.5, 0.6) is 5.75 Å². The molecule has 1 saturated heterocycles.